The maximum atomic E-state index is 2.50. The number of nitrogens with zero attached hydrogens (tertiary/aromatic N) is 1. The van der Waals surface area contributed by atoms with E-state index in [4.69, 9.17) is 0 Å². The van der Waals surface area contributed by atoms with E-state index in [-0.39, 0.29) is 10.8 Å². The lowest BCUT2D eigenvalue weighted by atomic mass is 9.72. The van der Waals surface area contributed by atoms with Crippen LogP contribution in [0.1, 0.15) is 86.3 Å². The molecule has 272 valence electrons. The summed E-state index contributed by atoms with van der Waals surface area (Å²) >= 11 is 0. The van der Waals surface area contributed by atoms with Crippen LogP contribution >= 0.6 is 0 Å². The predicted molar refractivity (Wildman–Crippen MR) is 238 cm³/mol. The molecule has 0 spiro atoms. The van der Waals surface area contributed by atoms with Crippen molar-refractivity contribution in [3.63, 3.8) is 0 Å². The van der Waals surface area contributed by atoms with Gasteiger partial charge < -0.3 is 4.90 Å². The minimum absolute atomic E-state index is 0.0873. The molecule has 1 heteroatoms. The molecule has 8 aromatic carbocycles. The van der Waals surface area contributed by atoms with Crippen molar-refractivity contribution in [1.82, 2.24) is 0 Å². The Balaban J connectivity index is 1.06. The molecule has 0 amide bonds. The Bertz CT molecular complexity index is 2900. The highest BCUT2D eigenvalue weighted by Gasteiger charge is 2.41. The lowest BCUT2D eigenvalue weighted by molar-refractivity contribution is 0.421. The van der Waals surface area contributed by atoms with Gasteiger partial charge in [-0.05, 0) is 175 Å². The van der Waals surface area contributed by atoms with Crippen LogP contribution in [0.25, 0.3) is 54.9 Å². The molecule has 0 unspecified atom stereocenters. The third-order valence-corrected chi connectivity index (χ3v) is 13.8. The van der Waals surface area contributed by atoms with Gasteiger partial charge in [0.05, 0.1) is 0 Å². The highest BCUT2D eigenvalue weighted by Crippen LogP contribution is 2.57. The van der Waals surface area contributed by atoms with Crippen molar-refractivity contribution in [1.29, 1.82) is 0 Å². The Morgan fingerprint density at radius 2 is 1.00 bits per heavy atom. The van der Waals surface area contributed by atoms with E-state index in [2.05, 4.69) is 191 Å². The molecule has 0 N–H and O–H groups in total. The van der Waals surface area contributed by atoms with Crippen molar-refractivity contribution < 1.29 is 0 Å². The second kappa shape index (κ2) is 12.0. The van der Waals surface area contributed by atoms with Crippen LogP contribution < -0.4 is 4.90 Å². The summed E-state index contributed by atoms with van der Waals surface area (Å²) in [7, 11) is 0. The van der Waals surface area contributed by atoms with E-state index in [1.807, 2.05) is 0 Å². The molecule has 0 saturated heterocycles. The molecule has 8 aromatic rings. The van der Waals surface area contributed by atoms with Gasteiger partial charge in [-0.15, -0.1) is 0 Å². The lowest BCUT2D eigenvalue weighted by Crippen LogP contribution is -2.17. The molecule has 0 radical (unpaired) electrons. The van der Waals surface area contributed by atoms with Crippen LogP contribution in [0.5, 0.6) is 0 Å². The predicted octanol–water partition coefficient (Wildman–Crippen LogP) is 15.3. The van der Waals surface area contributed by atoms with Crippen molar-refractivity contribution in [2.24, 2.45) is 0 Å². The van der Waals surface area contributed by atoms with Crippen molar-refractivity contribution in [3.8, 4) is 33.4 Å². The molecule has 56 heavy (non-hydrogen) atoms. The minimum atomic E-state index is -0.124. The van der Waals surface area contributed by atoms with Crippen LogP contribution in [0, 0.1) is 6.92 Å². The number of fused-ring (bicyclic) bond motifs is 8. The fourth-order valence-corrected chi connectivity index (χ4v) is 10.5. The summed E-state index contributed by atoms with van der Waals surface area (Å²) in [4.78, 5) is 2.46. The van der Waals surface area contributed by atoms with Gasteiger partial charge in [0.15, 0.2) is 0 Å². The van der Waals surface area contributed by atoms with Crippen molar-refractivity contribution in [3.05, 3.63) is 185 Å². The first-order valence-electron chi connectivity index (χ1n) is 20.5. The zero-order valence-corrected chi connectivity index (χ0v) is 33.1. The zero-order chi connectivity index (χ0) is 37.9. The number of para-hydroxylation sites is 1. The van der Waals surface area contributed by atoms with Crippen LogP contribution in [0.3, 0.4) is 0 Å². The second-order valence-corrected chi connectivity index (χ2v) is 17.7. The molecule has 0 heterocycles. The highest BCUT2D eigenvalue weighted by molar-refractivity contribution is 6.00. The second-order valence-electron chi connectivity index (χ2n) is 17.7. The third kappa shape index (κ3) is 4.80. The molecular formula is C55H47N. The van der Waals surface area contributed by atoms with Gasteiger partial charge >= 0.3 is 0 Å². The quantitative estimate of drug-likeness (QED) is 0.171. The fourth-order valence-electron chi connectivity index (χ4n) is 10.5. The van der Waals surface area contributed by atoms with Crippen LogP contribution in [0.4, 0.5) is 17.1 Å². The number of benzene rings is 8. The molecule has 11 rings (SSSR count). The van der Waals surface area contributed by atoms with Crippen molar-refractivity contribution >= 4 is 38.6 Å². The summed E-state index contributed by atoms with van der Waals surface area (Å²) in [5, 5.41) is 5.16. The van der Waals surface area contributed by atoms with Crippen molar-refractivity contribution in [2.75, 3.05) is 4.90 Å². The van der Waals surface area contributed by atoms with Gasteiger partial charge in [-0.2, -0.15) is 0 Å². The van der Waals surface area contributed by atoms with E-state index >= 15 is 0 Å². The average Bonchev–Trinajstić information content (AvgIpc) is 3.54. The van der Waals surface area contributed by atoms with Gasteiger partial charge in [-0.3, -0.25) is 0 Å². The Morgan fingerprint density at radius 3 is 1.71 bits per heavy atom. The lowest BCUT2D eigenvalue weighted by Gasteiger charge is -2.32. The first-order valence-corrected chi connectivity index (χ1v) is 20.5. The Kier molecular flexibility index (Phi) is 7.18. The fraction of sp³-hybridized carbons (Fsp3) is 0.200. The standard InChI is InChI=1S/C55H47N/c1-34-14-9-12-21-43(34)44-26-27-48-53(52(44)35-17-13-18-35)45-25-24-42(33-51(45)54(48,2)3)56(40-19-7-6-8-20-40)41-23-22-38-30-47-46-29-36-15-10-11-16-37(36)31-49(46)55(4,5)50(47)32-39(38)28-41/h6-12,14-16,19-33,35H,13,17-18H2,1-5H3. The van der Waals surface area contributed by atoms with Gasteiger partial charge in [0, 0.05) is 27.9 Å². The summed E-state index contributed by atoms with van der Waals surface area (Å²) in [6.45, 7) is 11.9. The zero-order valence-electron chi connectivity index (χ0n) is 33.1. The Hall–Kier alpha value is -5.92. The van der Waals surface area contributed by atoms with Gasteiger partial charge in [-0.25, -0.2) is 0 Å². The molecule has 1 nitrogen and oxygen atoms in total. The maximum absolute atomic E-state index is 2.50. The van der Waals surface area contributed by atoms with Crippen LogP contribution in [-0.2, 0) is 10.8 Å². The molecule has 3 aliphatic carbocycles. The molecule has 0 aromatic heterocycles. The Morgan fingerprint density at radius 1 is 0.429 bits per heavy atom. The monoisotopic (exact) mass is 721 g/mol. The van der Waals surface area contributed by atoms with Gasteiger partial charge in [-0.1, -0.05) is 125 Å². The van der Waals surface area contributed by atoms with E-state index < -0.39 is 0 Å². The minimum Gasteiger partial charge on any atom is -0.310 e. The smallest absolute Gasteiger partial charge is 0.0468 e. The van der Waals surface area contributed by atoms with Crippen LogP contribution in [0.2, 0.25) is 0 Å². The van der Waals surface area contributed by atoms with E-state index in [1.165, 1.54) is 113 Å². The van der Waals surface area contributed by atoms with Gasteiger partial charge in [0.2, 0.25) is 0 Å². The maximum Gasteiger partial charge on any atom is 0.0468 e. The largest absolute Gasteiger partial charge is 0.310 e. The SMILES string of the molecule is Cc1ccccc1-c1ccc2c(c1C1CCC1)-c1ccc(N(c3ccccc3)c3ccc4cc5c(cc4c3)C(C)(C)c3cc4ccccc4cc3-5)cc1C2(C)C. The number of hydrogen-bond donors (Lipinski definition) is 0. The Labute approximate surface area is 331 Å². The van der Waals surface area contributed by atoms with E-state index in [0.717, 1.165) is 5.69 Å². The molecule has 0 atom stereocenters. The van der Waals surface area contributed by atoms with E-state index in [9.17, 15) is 0 Å². The van der Waals surface area contributed by atoms with Crippen LogP contribution in [-0.4, -0.2) is 0 Å². The summed E-state index contributed by atoms with van der Waals surface area (Å²) in [6.07, 6.45) is 3.87. The first kappa shape index (κ1) is 33.4. The third-order valence-electron chi connectivity index (χ3n) is 13.8. The van der Waals surface area contributed by atoms with Crippen molar-refractivity contribution in [2.45, 2.75) is 70.6 Å². The first-order chi connectivity index (χ1) is 27.2. The number of hydrogen-bond acceptors (Lipinski definition) is 1. The molecule has 0 bridgehead atoms. The molecule has 1 fully saturated rings. The number of aryl methyl sites for hydroxylation is 1. The van der Waals surface area contributed by atoms with Gasteiger partial charge in [0.25, 0.3) is 0 Å². The van der Waals surface area contributed by atoms with E-state index in [1.54, 1.807) is 5.56 Å². The molecule has 3 aliphatic rings. The van der Waals surface area contributed by atoms with Gasteiger partial charge in [0.1, 0.15) is 0 Å². The average molecular weight is 722 g/mol. The van der Waals surface area contributed by atoms with Crippen LogP contribution in [0.15, 0.2) is 152 Å². The summed E-state index contributed by atoms with van der Waals surface area (Å²) in [5.41, 5.74) is 20.4. The molecular weight excluding hydrogens is 675 g/mol. The molecule has 0 aliphatic heterocycles. The topological polar surface area (TPSA) is 3.24 Å². The summed E-state index contributed by atoms with van der Waals surface area (Å²) in [6, 6.07) is 57.6. The summed E-state index contributed by atoms with van der Waals surface area (Å²) in [5.74, 6) is 0.609. The van der Waals surface area contributed by atoms with E-state index in [0.29, 0.717) is 5.92 Å². The summed E-state index contributed by atoms with van der Waals surface area (Å²) < 4.78 is 0. The highest BCUT2D eigenvalue weighted by atomic mass is 15.1. The normalized spacial score (nSPS) is 15.9. The number of anilines is 3. The molecule has 1 saturated carbocycles. The number of rotatable bonds is 5.